The average Bonchev–Trinajstić information content (AvgIpc) is 3.39. The lowest BCUT2D eigenvalue weighted by atomic mass is 10.1. The van der Waals surface area contributed by atoms with E-state index in [0.29, 0.717) is 5.92 Å². The molecular weight excluding hydrogens is 338 g/mol. The maximum Gasteiger partial charge on any atom is 0.155 e. The Kier molecular flexibility index (Phi) is 3.75. The minimum Gasteiger partial charge on any atom is -0.340 e. The Balaban J connectivity index is 1.66. The Labute approximate surface area is 157 Å². The summed E-state index contributed by atoms with van der Waals surface area (Å²) in [6.07, 6.45) is 4.65. The van der Waals surface area contributed by atoms with Crippen molar-refractivity contribution in [3.8, 4) is 22.6 Å². The van der Waals surface area contributed by atoms with Crippen molar-refractivity contribution in [3.63, 3.8) is 0 Å². The standard InChI is InChI=1S/C20H21N7/c1-13-4-3-5-16(23-13)19-18(14-6-7-17-21-12-22-27(17)11-14)24-20(25-19)15-8-9-26(2)10-15/h3-7,11-12,15H,8-10H2,1-2H3,(H,24,25). The van der Waals surface area contributed by atoms with Gasteiger partial charge in [-0.1, -0.05) is 6.07 Å². The van der Waals surface area contributed by atoms with Gasteiger partial charge in [0.1, 0.15) is 12.2 Å². The zero-order valence-electron chi connectivity index (χ0n) is 15.4. The monoisotopic (exact) mass is 359 g/mol. The highest BCUT2D eigenvalue weighted by Gasteiger charge is 2.26. The van der Waals surface area contributed by atoms with E-state index in [2.05, 4.69) is 27.0 Å². The largest absolute Gasteiger partial charge is 0.340 e. The first-order chi connectivity index (χ1) is 13.2. The van der Waals surface area contributed by atoms with Gasteiger partial charge in [-0.25, -0.2) is 14.5 Å². The molecule has 136 valence electrons. The summed E-state index contributed by atoms with van der Waals surface area (Å²) < 4.78 is 1.78. The quantitative estimate of drug-likeness (QED) is 0.609. The lowest BCUT2D eigenvalue weighted by molar-refractivity contribution is 0.410. The van der Waals surface area contributed by atoms with Crippen LogP contribution in [0.3, 0.4) is 0 Å². The van der Waals surface area contributed by atoms with Crippen molar-refractivity contribution in [2.24, 2.45) is 0 Å². The fourth-order valence-electron chi connectivity index (χ4n) is 3.78. The third kappa shape index (κ3) is 2.90. The number of fused-ring (bicyclic) bond motifs is 1. The van der Waals surface area contributed by atoms with Crippen LogP contribution < -0.4 is 0 Å². The van der Waals surface area contributed by atoms with Gasteiger partial charge in [-0.05, 0) is 51.2 Å². The number of H-pyrrole nitrogens is 1. The van der Waals surface area contributed by atoms with Crippen molar-refractivity contribution in [2.45, 2.75) is 19.3 Å². The number of pyridine rings is 2. The number of aromatic amines is 1. The molecule has 0 spiro atoms. The lowest BCUT2D eigenvalue weighted by Crippen LogP contribution is -2.13. The maximum absolute atomic E-state index is 5.01. The summed E-state index contributed by atoms with van der Waals surface area (Å²) in [5.74, 6) is 1.45. The van der Waals surface area contributed by atoms with Crippen LogP contribution in [0.15, 0.2) is 42.9 Å². The molecule has 4 aromatic rings. The van der Waals surface area contributed by atoms with Gasteiger partial charge in [0, 0.05) is 29.9 Å². The van der Waals surface area contributed by atoms with Crippen molar-refractivity contribution in [3.05, 3.63) is 54.4 Å². The number of hydrogen-bond acceptors (Lipinski definition) is 5. The van der Waals surface area contributed by atoms with Gasteiger partial charge in [0.25, 0.3) is 0 Å². The van der Waals surface area contributed by atoms with Gasteiger partial charge >= 0.3 is 0 Å². The highest BCUT2D eigenvalue weighted by molar-refractivity contribution is 5.77. The Morgan fingerprint density at radius 1 is 1.15 bits per heavy atom. The van der Waals surface area contributed by atoms with E-state index < -0.39 is 0 Å². The molecular formula is C20H21N7. The van der Waals surface area contributed by atoms with Crippen LogP contribution in [-0.4, -0.2) is 54.6 Å². The molecule has 0 saturated carbocycles. The molecule has 7 heteroatoms. The number of aromatic nitrogens is 6. The molecule has 1 fully saturated rings. The van der Waals surface area contributed by atoms with Gasteiger partial charge in [-0.2, -0.15) is 5.10 Å². The van der Waals surface area contributed by atoms with E-state index in [1.165, 1.54) is 0 Å². The van der Waals surface area contributed by atoms with Crippen LogP contribution in [-0.2, 0) is 0 Å². The Morgan fingerprint density at radius 3 is 2.89 bits per heavy atom. The minimum absolute atomic E-state index is 0.419. The molecule has 4 aromatic heterocycles. The summed E-state index contributed by atoms with van der Waals surface area (Å²) in [5.41, 5.74) is 5.59. The molecule has 5 rings (SSSR count). The number of hydrogen-bond donors (Lipinski definition) is 1. The van der Waals surface area contributed by atoms with E-state index in [4.69, 9.17) is 9.97 Å². The van der Waals surface area contributed by atoms with E-state index in [9.17, 15) is 0 Å². The summed E-state index contributed by atoms with van der Waals surface area (Å²) in [7, 11) is 2.16. The molecule has 7 nitrogen and oxygen atoms in total. The van der Waals surface area contributed by atoms with Crippen LogP contribution in [0.4, 0.5) is 0 Å². The first-order valence-corrected chi connectivity index (χ1v) is 9.19. The fraction of sp³-hybridized carbons (Fsp3) is 0.300. The molecule has 1 atom stereocenters. The summed E-state index contributed by atoms with van der Waals surface area (Å²) in [4.78, 5) is 19.9. The SMILES string of the molecule is Cc1cccc(-c2[nH]c(C3CCN(C)C3)nc2-c2ccc3ncnn3c2)n1. The highest BCUT2D eigenvalue weighted by atomic mass is 15.3. The van der Waals surface area contributed by atoms with Crippen molar-refractivity contribution < 1.29 is 0 Å². The second kappa shape index (κ2) is 6.28. The second-order valence-electron chi connectivity index (χ2n) is 7.24. The third-order valence-electron chi connectivity index (χ3n) is 5.19. The molecule has 0 amide bonds. The maximum atomic E-state index is 5.01. The highest BCUT2D eigenvalue weighted by Crippen LogP contribution is 2.33. The smallest absolute Gasteiger partial charge is 0.155 e. The van der Waals surface area contributed by atoms with Crippen molar-refractivity contribution in [1.29, 1.82) is 0 Å². The van der Waals surface area contributed by atoms with Crippen LogP contribution in [0.5, 0.6) is 0 Å². The molecule has 27 heavy (non-hydrogen) atoms. The van der Waals surface area contributed by atoms with Gasteiger partial charge < -0.3 is 9.88 Å². The Morgan fingerprint density at radius 2 is 2.07 bits per heavy atom. The van der Waals surface area contributed by atoms with Crippen molar-refractivity contribution in [2.75, 3.05) is 20.1 Å². The molecule has 0 aliphatic carbocycles. The third-order valence-corrected chi connectivity index (χ3v) is 5.19. The van der Waals surface area contributed by atoms with Crippen molar-refractivity contribution >= 4 is 5.65 Å². The molecule has 1 aliphatic rings. The van der Waals surface area contributed by atoms with E-state index in [1.807, 2.05) is 43.5 Å². The zero-order chi connectivity index (χ0) is 18.4. The summed E-state index contributed by atoms with van der Waals surface area (Å²) in [6.45, 7) is 4.13. The molecule has 5 heterocycles. The molecule has 0 radical (unpaired) electrons. The van der Waals surface area contributed by atoms with E-state index in [0.717, 1.165) is 59.3 Å². The van der Waals surface area contributed by atoms with Crippen LogP contribution in [0.2, 0.25) is 0 Å². The number of imidazole rings is 1. The van der Waals surface area contributed by atoms with E-state index in [1.54, 1.807) is 10.8 Å². The molecule has 1 unspecified atom stereocenters. The molecule has 1 aliphatic heterocycles. The number of rotatable bonds is 3. The summed E-state index contributed by atoms with van der Waals surface area (Å²) in [5, 5.41) is 4.26. The summed E-state index contributed by atoms with van der Waals surface area (Å²) >= 11 is 0. The van der Waals surface area contributed by atoms with Crippen LogP contribution in [0, 0.1) is 6.92 Å². The predicted octanol–water partition coefficient (Wildman–Crippen LogP) is 2.91. The topological polar surface area (TPSA) is 75.0 Å². The Bertz CT molecular complexity index is 1110. The van der Waals surface area contributed by atoms with Crippen molar-refractivity contribution in [1.82, 2.24) is 34.4 Å². The predicted molar refractivity (Wildman–Crippen MR) is 103 cm³/mol. The second-order valence-corrected chi connectivity index (χ2v) is 7.24. The van der Waals surface area contributed by atoms with Crippen LogP contribution in [0.1, 0.15) is 23.9 Å². The first kappa shape index (κ1) is 16.1. The van der Waals surface area contributed by atoms with Gasteiger partial charge in [-0.15, -0.1) is 0 Å². The van der Waals surface area contributed by atoms with Gasteiger partial charge in [0.2, 0.25) is 0 Å². The van der Waals surface area contributed by atoms with Gasteiger partial charge in [0.05, 0.1) is 17.1 Å². The zero-order valence-corrected chi connectivity index (χ0v) is 15.4. The first-order valence-electron chi connectivity index (χ1n) is 9.19. The van der Waals surface area contributed by atoms with Crippen LogP contribution in [0.25, 0.3) is 28.3 Å². The number of likely N-dealkylation sites (N-methyl/N-ethyl adjacent to an activating group) is 1. The Hall–Kier alpha value is -3.06. The average molecular weight is 359 g/mol. The molecule has 1 N–H and O–H groups in total. The minimum atomic E-state index is 0.419. The molecule has 0 bridgehead atoms. The van der Waals surface area contributed by atoms with Crippen LogP contribution >= 0.6 is 0 Å². The number of likely N-dealkylation sites (tertiary alicyclic amines) is 1. The number of aryl methyl sites for hydroxylation is 1. The molecule has 1 saturated heterocycles. The normalized spacial score (nSPS) is 17.8. The summed E-state index contributed by atoms with van der Waals surface area (Å²) in [6, 6.07) is 10.1. The van der Waals surface area contributed by atoms with E-state index >= 15 is 0 Å². The van der Waals surface area contributed by atoms with E-state index in [-0.39, 0.29) is 0 Å². The number of nitrogens with one attached hydrogen (secondary N) is 1. The number of nitrogens with zero attached hydrogens (tertiary/aromatic N) is 6. The van der Waals surface area contributed by atoms with Gasteiger partial charge in [-0.3, -0.25) is 4.98 Å². The lowest BCUT2D eigenvalue weighted by Gasteiger charge is -2.07. The van der Waals surface area contributed by atoms with Gasteiger partial charge in [0.15, 0.2) is 5.65 Å². The molecule has 0 aromatic carbocycles. The fourth-order valence-corrected chi connectivity index (χ4v) is 3.78.